The Hall–Kier alpha value is -0.800. The summed E-state index contributed by atoms with van der Waals surface area (Å²) in [6, 6.07) is 0.714. The van der Waals surface area contributed by atoms with Gasteiger partial charge in [0, 0.05) is 18.8 Å². The van der Waals surface area contributed by atoms with Crippen molar-refractivity contribution in [2.45, 2.75) is 243 Å². The molecule has 0 heterocycles. The van der Waals surface area contributed by atoms with Crippen LogP contribution in [-0.4, -0.2) is 33.2 Å². The number of hydrogen-bond acceptors (Lipinski definition) is 3. The minimum absolute atomic E-state index is 0.714. The Labute approximate surface area is 315 Å². The van der Waals surface area contributed by atoms with E-state index in [1.807, 2.05) is 34.9 Å². The van der Waals surface area contributed by atoms with E-state index < -0.39 is 0 Å². The topological polar surface area (TPSA) is 36.1 Å². The maximum atomic E-state index is 3.80. The van der Waals surface area contributed by atoms with Gasteiger partial charge in [0.2, 0.25) is 0 Å². The highest BCUT2D eigenvalue weighted by molar-refractivity contribution is 4.88. The Kier molecular flexibility index (Phi) is 80.7. The number of nitrogens with one attached hydrogen (secondary N) is 3. The second kappa shape index (κ2) is 65.6. The summed E-state index contributed by atoms with van der Waals surface area (Å²) in [4.78, 5) is 0. The molecule has 3 N–H and O–H groups in total. The standard InChI is InChI=1S/C25H53N.C7H15N.C6H14.C3H9N.C3H6.C2H6/c1-4-6-7-8-9-10-11-12-13-14-15-16-17-18-19-20-21-22-24-26-25(3)23-5-2;1-4-5-6-7(2)8-3;1-4-5-6(2)3;1-3-4-2;1-3-2;1-2/h25-26H,4-24H2,1-3H3;8H,2,4-6H2,1,3H3;6H,4-5H2,1-3H3;4H,3H2,1-2H3;3H,1H2,2H3;1-2H3. The highest BCUT2D eigenvalue weighted by atomic mass is 14.9. The average molecular weight is 698 g/mol. The summed E-state index contributed by atoms with van der Waals surface area (Å²) in [5.74, 6) is 0.898. The van der Waals surface area contributed by atoms with E-state index in [4.69, 9.17) is 0 Å². The van der Waals surface area contributed by atoms with Crippen LogP contribution in [0.15, 0.2) is 24.9 Å². The van der Waals surface area contributed by atoms with Crippen LogP contribution in [0, 0.1) is 5.92 Å². The molecule has 0 aliphatic rings. The van der Waals surface area contributed by atoms with Crippen molar-refractivity contribution in [3.05, 3.63) is 24.9 Å². The molecular weight excluding hydrogens is 595 g/mol. The lowest BCUT2D eigenvalue weighted by molar-refractivity contribution is 0.483. The number of hydrogen-bond donors (Lipinski definition) is 3. The van der Waals surface area contributed by atoms with Crippen molar-refractivity contribution in [1.29, 1.82) is 0 Å². The summed E-state index contributed by atoms with van der Waals surface area (Å²) in [7, 11) is 3.85. The SMILES string of the molecule is C=C(CCCC)NC.C=CC.CC.CCCC(C)C.CCCCCCCCCCCCCCCCCCCCNC(C)CCC.CCNC. The van der Waals surface area contributed by atoms with E-state index in [0.29, 0.717) is 6.04 Å². The molecule has 0 aromatic carbocycles. The first-order valence-corrected chi connectivity index (χ1v) is 22.0. The molecular formula is C46H103N3. The highest BCUT2D eigenvalue weighted by Crippen LogP contribution is 2.14. The molecule has 0 bridgehead atoms. The lowest BCUT2D eigenvalue weighted by Crippen LogP contribution is -2.26. The molecule has 0 saturated carbocycles. The van der Waals surface area contributed by atoms with Crippen LogP contribution in [0.4, 0.5) is 0 Å². The fourth-order valence-electron chi connectivity index (χ4n) is 5.00. The van der Waals surface area contributed by atoms with Crippen LogP contribution in [0.1, 0.15) is 237 Å². The molecule has 0 spiro atoms. The van der Waals surface area contributed by atoms with Gasteiger partial charge >= 0.3 is 0 Å². The van der Waals surface area contributed by atoms with Gasteiger partial charge in [-0.05, 0) is 65.6 Å². The zero-order valence-corrected chi connectivity index (χ0v) is 37.2. The quantitative estimate of drug-likeness (QED) is 0.0538. The summed E-state index contributed by atoms with van der Waals surface area (Å²) < 4.78 is 0. The van der Waals surface area contributed by atoms with Crippen LogP contribution in [-0.2, 0) is 0 Å². The predicted octanol–water partition coefficient (Wildman–Crippen LogP) is 15.6. The van der Waals surface area contributed by atoms with E-state index in [0.717, 1.165) is 24.6 Å². The first-order valence-electron chi connectivity index (χ1n) is 22.0. The molecule has 0 aliphatic carbocycles. The maximum Gasteiger partial charge on any atom is 0.00386 e. The van der Waals surface area contributed by atoms with Crippen LogP contribution in [0.25, 0.3) is 0 Å². The summed E-state index contributed by atoms with van der Waals surface area (Å²) in [5, 5.41) is 9.57. The minimum atomic E-state index is 0.714. The molecule has 0 aliphatic heterocycles. The van der Waals surface area contributed by atoms with Gasteiger partial charge in [0.15, 0.2) is 0 Å². The molecule has 1 atom stereocenters. The van der Waals surface area contributed by atoms with Gasteiger partial charge in [-0.2, -0.15) is 0 Å². The second-order valence-corrected chi connectivity index (χ2v) is 13.9. The lowest BCUT2D eigenvalue weighted by Gasteiger charge is -2.12. The fourth-order valence-corrected chi connectivity index (χ4v) is 5.00. The van der Waals surface area contributed by atoms with Crippen molar-refractivity contribution < 1.29 is 0 Å². The molecule has 0 rings (SSSR count). The van der Waals surface area contributed by atoms with E-state index in [9.17, 15) is 0 Å². The van der Waals surface area contributed by atoms with Crippen LogP contribution in [0.5, 0.6) is 0 Å². The summed E-state index contributed by atoms with van der Waals surface area (Å²) in [5.41, 5.74) is 1.15. The van der Waals surface area contributed by atoms with Crippen molar-refractivity contribution in [2.75, 3.05) is 27.2 Å². The third-order valence-corrected chi connectivity index (χ3v) is 8.15. The highest BCUT2D eigenvalue weighted by Gasteiger charge is 1.98. The maximum absolute atomic E-state index is 3.80. The molecule has 0 fully saturated rings. The van der Waals surface area contributed by atoms with E-state index >= 15 is 0 Å². The third kappa shape index (κ3) is 87.5. The Morgan fingerprint density at radius 3 is 1.12 bits per heavy atom. The Balaban J connectivity index is -0.000000162. The number of allylic oxidation sites excluding steroid dienone is 2. The summed E-state index contributed by atoms with van der Waals surface area (Å²) in [6.07, 6.45) is 36.9. The first kappa shape index (κ1) is 60.3. The smallest absolute Gasteiger partial charge is 0.00386 e. The Morgan fingerprint density at radius 2 is 0.878 bits per heavy atom. The van der Waals surface area contributed by atoms with Crippen LogP contribution in [0.2, 0.25) is 0 Å². The van der Waals surface area contributed by atoms with Crippen LogP contribution in [0.3, 0.4) is 0 Å². The molecule has 0 amide bonds. The van der Waals surface area contributed by atoms with E-state index in [-0.39, 0.29) is 0 Å². The molecule has 0 radical (unpaired) electrons. The summed E-state index contributed by atoms with van der Waals surface area (Å²) in [6.45, 7) is 33.2. The van der Waals surface area contributed by atoms with Gasteiger partial charge in [0.1, 0.15) is 0 Å². The van der Waals surface area contributed by atoms with Gasteiger partial charge < -0.3 is 16.0 Å². The van der Waals surface area contributed by atoms with E-state index in [1.54, 1.807) is 6.08 Å². The molecule has 3 heteroatoms. The van der Waals surface area contributed by atoms with Gasteiger partial charge in [0.05, 0.1) is 0 Å². The largest absolute Gasteiger partial charge is 0.392 e. The number of unbranched alkanes of at least 4 members (excludes halogenated alkanes) is 18. The third-order valence-electron chi connectivity index (χ3n) is 8.15. The molecule has 0 aromatic heterocycles. The van der Waals surface area contributed by atoms with Gasteiger partial charge in [-0.3, -0.25) is 0 Å². The van der Waals surface area contributed by atoms with E-state index in [1.165, 1.54) is 161 Å². The second-order valence-electron chi connectivity index (χ2n) is 13.9. The fraction of sp³-hybridized carbons (Fsp3) is 0.913. The van der Waals surface area contributed by atoms with Crippen molar-refractivity contribution in [2.24, 2.45) is 5.92 Å². The van der Waals surface area contributed by atoms with Crippen molar-refractivity contribution in [3.63, 3.8) is 0 Å². The Bertz CT molecular complexity index is 501. The number of rotatable bonds is 29. The van der Waals surface area contributed by atoms with E-state index in [2.05, 4.69) is 84.5 Å². The molecule has 49 heavy (non-hydrogen) atoms. The zero-order chi connectivity index (χ0) is 38.7. The van der Waals surface area contributed by atoms with Crippen molar-refractivity contribution in [1.82, 2.24) is 16.0 Å². The Morgan fingerprint density at radius 1 is 0.551 bits per heavy atom. The summed E-state index contributed by atoms with van der Waals surface area (Å²) >= 11 is 0. The van der Waals surface area contributed by atoms with Gasteiger partial charge in [-0.25, -0.2) is 0 Å². The minimum Gasteiger partial charge on any atom is -0.392 e. The zero-order valence-electron chi connectivity index (χ0n) is 37.2. The monoisotopic (exact) mass is 698 g/mol. The molecule has 302 valence electrons. The van der Waals surface area contributed by atoms with Crippen molar-refractivity contribution in [3.8, 4) is 0 Å². The van der Waals surface area contributed by atoms with Crippen LogP contribution < -0.4 is 16.0 Å². The first-order chi connectivity index (χ1) is 23.7. The molecule has 1 unspecified atom stereocenters. The van der Waals surface area contributed by atoms with Crippen LogP contribution >= 0.6 is 0 Å². The normalized spacial score (nSPS) is 10.3. The molecule has 3 nitrogen and oxygen atoms in total. The lowest BCUT2D eigenvalue weighted by atomic mass is 10.0. The molecule has 0 saturated heterocycles. The average Bonchev–Trinajstić information content (AvgIpc) is 3.10. The molecule has 0 aromatic rings. The van der Waals surface area contributed by atoms with Gasteiger partial charge in [0.25, 0.3) is 0 Å². The van der Waals surface area contributed by atoms with Crippen molar-refractivity contribution >= 4 is 0 Å². The van der Waals surface area contributed by atoms with Gasteiger partial charge in [-0.15, -0.1) is 6.58 Å². The van der Waals surface area contributed by atoms with Gasteiger partial charge in [-0.1, -0.05) is 210 Å². The predicted molar refractivity (Wildman–Crippen MR) is 235 cm³/mol.